The number of aryl methyl sites for hydroxylation is 10. The van der Waals surface area contributed by atoms with Gasteiger partial charge in [0.05, 0.1) is 11.4 Å². The molecule has 42 heavy (non-hydrogen) atoms. The molecular formula is C36H36N6. The number of nitrogens with one attached hydrogen (secondary N) is 2. The van der Waals surface area contributed by atoms with Crippen molar-refractivity contribution in [1.29, 1.82) is 0 Å². The second kappa shape index (κ2) is 10.1. The third-order valence-electron chi connectivity index (χ3n) is 8.51. The highest BCUT2D eigenvalue weighted by Gasteiger charge is 2.22. The summed E-state index contributed by atoms with van der Waals surface area (Å²) in [6.45, 7) is 13.1. The maximum Gasteiger partial charge on any atom is 0.132 e. The number of nitrogens with zero attached hydrogens (tertiary/aromatic N) is 4. The van der Waals surface area contributed by atoms with Gasteiger partial charge in [-0.05, 0) is 112 Å². The number of hydrogen-bond donors (Lipinski definition) is 2. The molecule has 7 rings (SSSR count). The molecule has 6 heteroatoms. The molecule has 0 radical (unpaired) electrons. The van der Waals surface area contributed by atoms with Crippen molar-refractivity contribution in [3.05, 3.63) is 105 Å². The van der Waals surface area contributed by atoms with Gasteiger partial charge in [-0.25, -0.2) is 19.9 Å². The summed E-state index contributed by atoms with van der Waals surface area (Å²) in [5.41, 5.74) is 18.0. The topological polar surface area (TPSA) is 83.1 Å². The van der Waals surface area contributed by atoms with Crippen LogP contribution in [0.3, 0.4) is 0 Å². The zero-order chi connectivity index (χ0) is 29.1. The van der Waals surface area contributed by atoms with Gasteiger partial charge in [-0.15, -0.1) is 0 Å². The minimum absolute atomic E-state index is 0.803. The smallest absolute Gasteiger partial charge is 0.132 e. The van der Waals surface area contributed by atoms with Crippen molar-refractivity contribution in [2.75, 3.05) is 0 Å². The van der Waals surface area contributed by atoms with E-state index in [1.165, 1.54) is 44.5 Å². The molecule has 2 N–H and O–H groups in total. The average Bonchev–Trinajstić information content (AvgIpc) is 3.73. The van der Waals surface area contributed by atoms with E-state index in [9.17, 15) is 0 Å². The van der Waals surface area contributed by atoms with Gasteiger partial charge in [0.15, 0.2) is 0 Å². The molecule has 0 unspecified atom stereocenters. The third kappa shape index (κ3) is 4.61. The molecule has 5 heterocycles. The molecule has 2 aromatic carbocycles. The van der Waals surface area contributed by atoms with Crippen LogP contribution in [-0.2, 0) is 25.7 Å². The lowest BCUT2D eigenvalue weighted by Gasteiger charge is -2.14. The van der Waals surface area contributed by atoms with Crippen molar-refractivity contribution >= 4 is 22.3 Å². The van der Waals surface area contributed by atoms with Crippen molar-refractivity contribution in [3.8, 4) is 22.3 Å². The first-order chi connectivity index (χ1) is 20.2. The Balaban J connectivity index is 1.57. The van der Waals surface area contributed by atoms with Gasteiger partial charge in [0.1, 0.15) is 22.9 Å². The number of H-pyrrole nitrogens is 2. The fraction of sp³-hybridized carbons (Fsp3) is 0.278. The Labute approximate surface area is 246 Å². The highest BCUT2D eigenvalue weighted by molar-refractivity contribution is 5.95. The predicted octanol–water partition coefficient (Wildman–Crippen LogP) is 7.86. The summed E-state index contributed by atoms with van der Waals surface area (Å²) in [6.07, 6.45) is 3.30. The summed E-state index contributed by atoms with van der Waals surface area (Å²) in [4.78, 5) is 27.5. The van der Waals surface area contributed by atoms with Crippen LogP contribution in [0.1, 0.15) is 56.4 Å². The Morgan fingerprint density at radius 1 is 0.452 bits per heavy atom. The van der Waals surface area contributed by atoms with Crippen LogP contribution in [0.2, 0.25) is 0 Å². The van der Waals surface area contributed by atoms with E-state index < -0.39 is 0 Å². The molecule has 5 aromatic rings. The lowest BCUT2D eigenvalue weighted by molar-refractivity contribution is 0.966. The van der Waals surface area contributed by atoms with Crippen LogP contribution in [0.4, 0.5) is 0 Å². The molecule has 0 amide bonds. The Hall–Kier alpha value is -4.58. The summed E-state index contributed by atoms with van der Waals surface area (Å²) < 4.78 is 0. The zero-order valence-electron chi connectivity index (χ0n) is 25.2. The molecule has 0 spiro atoms. The number of aromatic amines is 2. The van der Waals surface area contributed by atoms with Crippen molar-refractivity contribution < 1.29 is 0 Å². The second-order valence-electron chi connectivity index (χ2n) is 12.0. The van der Waals surface area contributed by atoms with Crippen LogP contribution in [0.5, 0.6) is 0 Å². The normalized spacial score (nSPS) is 13.1. The molecule has 6 nitrogen and oxygen atoms in total. The van der Waals surface area contributed by atoms with Gasteiger partial charge >= 0.3 is 0 Å². The summed E-state index contributed by atoms with van der Waals surface area (Å²) >= 11 is 0. The minimum Gasteiger partial charge on any atom is -0.340 e. The summed E-state index contributed by atoms with van der Waals surface area (Å²) in [7, 11) is 0. The average molecular weight is 553 g/mol. The number of fused-ring (bicyclic) bond motifs is 8. The van der Waals surface area contributed by atoms with Crippen LogP contribution in [0, 0.1) is 41.5 Å². The highest BCUT2D eigenvalue weighted by atomic mass is 15.0. The molecule has 0 fully saturated rings. The van der Waals surface area contributed by atoms with Gasteiger partial charge in [-0.1, -0.05) is 35.4 Å². The maximum atomic E-state index is 5.13. The first kappa shape index (κ1) is 26.3. The van der Waals surface area contributed by atoms with Gasteiger partial charge in [0, 0.05) is 35.0 Å². The summed E-state index contributed by atoms with van der Waals surface area (Å²) in [6, 6.07) is 17.4. The second-order valence-corrected chi connectivity index (χ2v) is 12.0. The molecule has 210 valence electrons. The third-order valence-corrected chi connectivity index (χ3v) is 8.51. The predicted molar refractivity (Wildman–Crippen MR) is 171 cm³/mol. The number of benzene rings is 2. The van der Waals surface area contributed by atoms with Crippen LogP contribution >= 0.6 is 0 Å². The van der Waals surface area contributed by atoms with E-state index in [0.29, 0.717) is 0 Å². The van der Waals surface area contributed by atoms with E-state index in [1.807, 2.05) is 0 Å². The summed E-state index contributed by atoms with van der Waals surface area (Å²) in [5.74, 6) is 1.70. The molecule has 2 aliphatic heterocycles. The standard InChI is InChI=1S/C36H36N6/c1-19-15-21(3)33(22(4)16-19)35-25-7-11-29(37-25)41-31-13-9-27(39-31)36(34-23(5)17-20(2)18-24(34)6)28-10-14-32(40-28)42-30-12-8-26(35)38-30/h7-8,11-12,15-18H,9-10,13-14H2,1-6H3,(H,37,39,41)(H,38,40,42). The van der Waals surface area contributed by atoms with Gasteiger partial charge in [-0.2, -0.15) is 0 Å². The van der Waals surface area contributed by atoms with Gasteiger partial charge < -0.3 is 9.97 Å². The largest absolute Gasteiger partial charge is 0.340 e. The Morgan fingerprint density at radius 2 is 0.857 bits per heavy atom. The molecule has 0 atom stereocenters. The molecule has 2 aliphatic rings. The van der Waals surface area contributed by atoms with Gasteiger partial charge in [0.2, 0.25) is 0 Å². The van der Waals surface area contributed by atoms with Crippen LogP contribution in [0.15, 0.2) is 48.5 Å². The van der Waals surface area contributed by atoms with E-state index in [-0.39, 0.29) is 0 Å². The lowest BCUT2D eigenvalue weighted by atomic mass is 9.91. The Kier molecular flexibility index (Phi) is 6.30. The Morgan fingerprint density at radius 3 is 1.29 bits per heavy atom. The molecule has 0 saturated carbocycles. The van der Waals surface area contributed by atoms with Gasteiger partial charge in [0.25, 0.3) is 0 Å². The maximum absolute atomic E-state index is 5.13. The monoisotopic (exact) mass is 552 g/mol. The van der Waals surface area contributed by atoms with E-state index in [0.717, 1.165) is 82.2 Å². The number of hydrogen-bond acceptors (Lipinski definition) is 4. The molecule has 0 aliphatic carbocycles. The fourth-order valence-corrected chi connectivity index (χ4v) is 7.00. The molecular weight excluding hydrogens is 516 g/mol. The van der Waals surface area contributed by atoms with E-state index >= 15 is 0 Å². The fourth-order valence-electron chi connectivity index (χ4n) is 7.00. The molecule has 0 saturated heterocycles. The number of rotatable bonds is 2. The highest BCUT2D eigenvalue weighted by Crippen LogP contribution is 2.36. The van der Waals surface area contributed by atoms with Crippen molar-refractivity contribution in [1.82, 2.24) is 29.9 Å². The first-order valence-electron chi connectivity index (χ1n) is 14.8. The van der Waals surface area contributed by atoms with E-state index in [2.05, 4.69) is 100 Å². The molecule has 3 aromatic heterocycles. The van der Waals surface area contributed by atoms with E-state index in [1.54, 1.807) is 0 Å². The quantitative estimate of drug-likeness (QED) is 0.234. The number of aromatic nitrogens is 6. The van der Waals surface area contributed by atoms with E-state index in [4.69, 9.17) is 19.9 Å². The van der Waals surface area contributed by atoms with Crippen LogP contribution < -0.4 is 0 Å². The van der Waals surface area contributed by atoms with Crippen LogP contribution in [0.25, 0.3) is 44.6 Å². The minimum atomic E-state index is 0.803. The summed E-state index contributed by atoms with van der Waals surface area (Å²) in [5, 5.41) is 0. The van der Waals surface area contributed by atoms with Crippen molar-refractivity contribution in [2.45, 2.75) is 67.2 Å². The SMILES string of the molecule is Cc1cc(C)c(-c2c3nc(nc4ccc([nH]4)c(-c4c(C)cc(C)cc4C)c4ccc(nc5nc2CC5)[nH]4)CC3)c(C)c1. The Bertz CT molecular complexity index is 1920. The molecule has 8 bridgehead atoms. The zero-order valence-corrected chi connectivity index (χ0v) is 25.2. The van der Waals surface area contributed by atoms with Gasteiger partial charge in [-0.3, -0.25) is 0 Å². The van der Waals surface area contributed by atoms with Crippen molar-refractivity contribution in [3.63, 3.8) is 0 Å². The van der Waals surface area contributed by atoms with Crippen LogP contribution in [-0.4, -0.2) is 29.9 Å². The van der Waals surface area contributed by atoms with Crippen molar-refractivity contribution in [2.24, 2.45) is 0 Å². The lowest BCUT2D eigenvalue weighted by Crippen LogP contribution is -1.98. The first-order valence-corrected chi connectivity index (χ1v) is 14.8.